The van der Waals surface area contributed by atoms with Gasteiger partial charge in [0.25, 0.3) is 5.91 Å². The van der Waals surface area contributed by atoms with Crippen molar-refractivity contribution in [3.8, 4) is 0 Å². The van der Waals surface area contributed by atoms with Crippen LogP contribution in [0.5, 0.6) is 0 Å². The van der Waals surface area contributed by atoms with Crippen LogP contribution in [-0.4, -0.2) is 51.7 Å². The highest BCUT2D eigenvalue weighted by molar-refractivity contribution is 6.30. The summed E-state index contributed by atoms with van der Waals surface area (Å²) in [4.78, 5) is 35.5. The maximum atomic E-state index is 12.8. The average molecular weight is 415 g/mol. The maximum Gasteiger partial charge on any atom is 0.254 e. The van der Waals surface area contributed by atoms with Crippen molar-refractivity contribution in [2.24, 2.45) is 0 Å². The molecule has 0 saturated carbocycles. The molecule has 6 nitrogen and oxygen atoms in total. The molecular formula is C22H27ClN4O2. The summed E-state index contributed by atoms with van der Waals surface area (Å²) < 4.78 is 0. The van der Waals surface area contributed by atoms with Crippen LogP contribution < -0.4 is 5.32 Å². The zero-order chi connectivity index (χ0) is 20.8. The number of aryl methyl sites for hydroxylation is 1. The van der Waals surface area contributed by atoms with E-state index in [1.54, 1.807) is 18.0 Å². The molecule has 2 heterocycles. The van der Waals surface area contributed by atoms with Crippen LogP contribution in [0.2, 0.25) is 0 Å². The Morgan fingerprint density at radius 3 is 2.59 bits per heavy atom. The molecule has 1 fully saturated rings. The number of hydrogen-bond acceptors (Lipinski definition) is 4. The molecule has 1 unspecified atom stereocenters. The van der Waals surface area contributed by atoms with E-state index in [2.05, 4.69) is 15.3 Å². The number of aromatic nitrogens is 2. The van der Waals surface area contributed by atoms with Gasteiger partial charge in [0.15, 0.2) is 0 Å². The van der Waals surface area contributed by atoms with E-state index in [0.29, 0.717) is 31.0 Å². The van der Waals surface area contributed by atoms with Crippen LogP contribution in [0.25, 0.3) is 0 Å². The third-order valence-corrected chi connectivity index (χ3v) is 5.45. The molecule has 0 spiro atoms. The van der Waals surface area contributed by atoms with Crippen molar-refractivity contribution in [2.45, 2.75) is 44.4 Å². The number of alkyl halides is 1. The summed E-state index contributed by atoms with van der Waals surface area (Å²) in [6, 6.07) is 10.0. The lowest BCUT2D eigenvalue weighted by molar-refractivity contribution is -0.131. The van der Waals surface area contributed by atoms with Crippen molar-refractivity contribution in [3.63, 3.8) is 0 Å². The second-order valence-corrected chi connectivity index (χ2v) is 8.08. The number of likely N-dealkylation sites (tertiary alicyclic amines) is 1. The molecule has 0 radical (unpaired) electrons. The molecule has 1 N–H and O–H groups in total. The van der Waals surface area contributed by atoms with Gasteiger partial charge in [0, 0.05) is 31.7 Å². The monoisotopic (exact) mass is 414 g/mol. The molecule has 1 aromatic heterocycles. The Hall–Kier alpha value is -2.47. The van der Waals surface area contributed by atoms with Gasteiger partial charge in [0.05, 0.1) is 11.3 Å². The van der Waals surface area contributed by atoms with Crippen LogP contribution in [0, 0.1) is 6.92 Å². The number of halogens is 1. The minimum absolute atomic E-state index is 0.0390. The number of piperidine rings is 1. The Labute approximate surface area is 176 Å². The van der Waals surface area contributed by atoms with Crippen molar-refractivity contribution in [1.29, 1.82) is 0 Å². The van der Waals surface area contributed by atoms with Crippen LogP contribution in [0.3, 0.4) is 0 Å². The highest BCUT2D eigenvalue weighted by Gasteiger charge is 2.29. The molecule has 0 bridgehead atoms. The molecule has 2 aromatic rings. The number of amides is 2. The Balaban J connectivity index is 1.65. The van der Waals surface area contributed by atoms with Gasteiger partial charge in [-0.1, -0.05) is 30.3 Å². The van der Waals surface area contributed by atoms with Gasteiger partial charge >= 0.3 is 0 Å². The van der Waals surface area contributed by atoms with Crippen LogP contribution in [0.15, 0.2) is 36.5 Å². The molecular weight excluding hydrogens is 388 g/mol. The minimum Gasteiger partial charge on any atom is -0.352 e. The molecule has 2 amide bonds. The Morgan fingerprint density at radius 1 is 1.24 bits per heavy atom. The molecule has 154 valence electrons. The molecule has 7 heteroatoms. The van der Waals surface area contributed by atoms with Gasteiger partial charge in [-0.2, -0.15) is 0 Å². The van der Waals surface area contributed by atoms with Gasteiger partial charge in [-0.25, -0.2) is 9.97 Å². The quantitative estimate of drug-likeness (QED) is 0.737. The summed E-state index contributed by atoms with van der Waals surface area (Å²) in [5.41, 5.74) is 2.48. The lowest BCUT2D eigenvalue weighted by atomic mass is 9.90. The highest BCUT2D eigenvalue weighted by Crippen LogP contribution is 2.29. The van der Waals surface area contributed by atoms with Crippen LogP contribution >= 0.6 is 11.6 Å². The first-order chi connectivity index (χ1) is 14.0. The fourth-order valence-electron chi connectivity index (χ4n) is 3.66. The molecule has 1 aliphatic rings. The van der Waals surface area contributed by atoms with E-state index >= 15 is 0 Å². The molecule has 3 rings (SSSR count). The number of carbonyl (C=O) groups excluding carboxylic acids is 2. The second kappa shape index (κ2) is 9.83. The van der Waals surface area contributed by atoms with Gasteiger partial charge in [0.1, 0.15) is 11.2 Å². The van der Waals surface area contributed by atoms with E-state index < -0.39 is 5.38 Å². The van der Waals surface area contributed by atoms with Crippen molar-refractivity contribution in [1.82, 2.24) is 20.2 Å². The maximum absolute atomic E-state index is 12.8. The largest absolute Gasteiger partial charge is 0.352 e. The molecule has 29 heavy (non-hydrogen) atoms. The Kier molecular flexibility index (Phi) is 7.20. The zero-order valence-electron chi connectivity index (χ0n) is 16.9. The summed E-state index contributed by atoms with van der Waals surface area (Å²) in [6.45, 7) is 5.32. The zero-order valence-corrected chi connectivity index (χ0v) is 17.7. The Morgan fingerprint density at radius 2 is 1.93 bits per heavy atom. The molecule has 1 aliphatic heterocycles. The van der Waals surface area contributed by atoms with Gasteiger partial charge in [-0.15, -0.1) is 11.6 Å². The SMILES string of the molecule is Cc1ncc(C(=O)NCCc2ccccc2)c(C2CCN(C(=O)C(C)Cl)CC2)n1. The average Bonchev–Trinajstić information content (AvgIpc) is 2.74. The predicted octanol–water partition coefficient (Wildman–Crippen LogP) is 3.09. The van der Waals surface area contributed by atoms with Crippen LogP contribution in [0.4, 0.5) is 0 Å². The van der Waals surface area contributed by atoms with Crippen LogP contribution in [-0.2, 0) is 11.2 Å². The van der Waals surface area contributed by atoms with E-state index in [1.165, 1.54) is 5.56 Å². The normalized spacial score (nSPS) is 15.8. The van der Waals surface area contributed by atoms with Crippen molar-refractivity contribution < 1.29 is 9.59 Å². The van der Waals surface area contributed by atoms with E-state index in [1.807, 2.05) is 37.3 Å². The van der Waals surface area contributed by atoms with Crippen molar-refractivity contribution >= 4 is 23.4 Å². The topological polar surface area (TPSA) is 75.2 Å². The lowest BCUT2D eigenvalue weighted by Gasteiger charge is -2.33. The van der Waals surface area contributed by atoms with Crippen molar-refractivity contribution in [3.05, 3.63) is 59.2 Å². The number of carbonyl (C=O) groups is 2. The van der Waals surface area contributed by atoms with Gasteiger partial charge < -0.3 is 10.2 Å². The molecule has 1 aromatic carbocycles. The number of hydrogen-bond donors (Lipinski definition) is 1. The molecule has 1 atom stereocenters. The first-order valence-corrected chi connectivity index (χ1v) is 10.5. The second-order valence-electron chi connectivity index (χ2n) is 7.42. The third-order valence-electron chi connectivity index (χ3n) is 5.26. The van der Waals surface area contributed by atoms with Gasteiger partial charge in [-0.3, -0.25) is 9.59 Å². The number of nitrogens with zero attached hydrogens (tertiary/aromatic N) is 3. The molecule has 0 aliphatic carbocycles. The fraction of sp³-hybridized carbons (Fsp3) is 0.455. The summed E-state index contributed by atoms with van der Waals surface area (Å²) in [5.74, 6) is 0.585. The summed E-state index contributed by atoms with van der Waals surface area (Å²) in [7, 11) is 0. The standard InChI is InChI=1S/C22H27ClN4O2/c1-15(23)22(29)27-12-9-18(10-13-27)20-19(14-25-16(2)26-20)21(28)24-11-8-17-6-4-3-5-7-17/h3-7,14-15,18H,8-13H2,1-2H3,(H,24,28). The van der Waals surface area contributed by atoms with E-state index in [-0.39, 0.29) is 17.7 Å². The summed E-state index contributed by atoms with van der Waals surface area (Å²) in [6.07, 6.45) is 3.91. The van der Waals surface area contributed by atoms with Crippen LogP contribution in [0.1, 0.15) is 53.1 Å². The number of nitrogens with one attached hydrogen (secondary N) is 1. The summed E-state index contributed by atoms with van der Waals surface area (Å²) >= 11 is 5.93. The van der Waals surface area contributed by atoms with Crippen molar-refractivity contribution in [2.75, 3.05) is 19.6 Å². The number of rotatable bonds is 6. The first kappa shape index (κ1) is 21.2. The smallest absolute Gasteiger partial charge is 0.254 e. The first-order valence-electron chi connectivity index (χ1n) is 10.0. The van der Waals surface area contributed by atoms with E-state index in [4.69, 9.17) is 11.6 Å². The molecule has 1 saturated heterocycles. The number of benzene rings is 1. The lowest BCUT2D eigenvalue weighted by Crippen LogP contribution is -2.41. The minimum atomic E-state index is -0.515. The van der Waals surface area contributed by atoms with Gasteiger partial charge in [-0.05, 0) is 38.7 Å². The Bertz CT molecular complexity index is 849. The fourth-order valence-corrected chi connectivity index (χ4v) is 3.80. The predicted molar refractivity (Wildman–Crippen MR) is 113 cm³/mol. The van der Waals surface area contributed by atoms with Gasteiger partial charge in [0.2, 0.25) is 5.91 Å². The highest BCUT2D eigenvalue weighted by atomic mass is 35.5. The summed E-state index contributed by atoms with van der Waals surface area (Å²) in [5, 5.41) is 2.47. The third kappa shape index (κ3) is 5.54. The van der Waals surface area contributed by atoms with E-state index in [0.717, 1.165) is 25.0 Å². The van der Waals surface area contributed by atoms with E-state index in [9.17, 15) is 9.59 Å².